The third-order valence-electron chi connectivity index (χ3n) is 2.70. The van der Waals surface area contributed by atoms with E-state index in [1.54, 1.807) is 0 Å². The lowest BCUT2D eigenvalue weighted by Gasteiger charge is -2.07. The van der Waals surface area contributed by atoms with E-state index in [1.807, 2.05) is 0 Å². The van der Waals surface area contributed by atoms with E-state index in [0.29, 0.717) is 17.8 Å². The molecule has 7 nitrogen and oxygen atoms in total. The van der Waals surface area contributed by atoms with Crippen LogP contribution in [0.3, 0.4) is 0 Å². The number of nitrogens with one attached hydrogen (secondary N) is 2. The molecule has 0 saturated heterocycles. The van der Waals surface area contributed by atoms with Crippen molar-refractivity contribution in [2.45, 2.75) is 38.6 Å². The van der Waals surface area contributed by atoms with Crippen LogP contribution in [-0.2, 0) is 0 Å². The van der Waals surface area contributed by atoms with Gasteiger partial charge in [0.15, 0.2) is 0 Å². The summed E-state index contributed by atoms with van der Waals surface area (Å²) in [7, 11) is 0. The Hall–Kier alpha value is -1.92. The quantitative estimate of drug-likeness (QED) is 0.438. The van der Waals surface area contributed by atoms with Crippen molar-refractivity contribution in [3.8, 4) is 0 Å². The molecular weight excluding hydrogens is 234 g/mol. The fourth-order valence-corrected chi connectivity index (χ4v) is 1.50. The summed E-state index contributed by atoms with van der Waals surface area (Å²) < 4.78 is 0. The van der Waals surface area contributed by atoms with Crippen LogP contribution in [0.25, 0.3) is 0 Å². The van der Waals surface area contributed by atoms with Crippen molar-refractivity contribution in [2.75, 3.05) is 17.2 Å². The molecule has 1 aromatic heterocycles. The van der Waals surface area contributed by atoms with Crippen molar-refractivity contribution in [2.24, 2.45) is 0 Å². The molecule has 1 aliphatic rings. The van der Waals surface area contributed by atoms with E-state index in [0.717, 1.165) is 32.2 Å². The average Bonchev–Trinajstić information content (AvgIpc) is 3.13. The normalized spacial score (nSPS) is 14.3. The van der Waals surface area contributed by atoms with E-state index in [-0.39, 0.29) is 5.69 Å². The Labute approximate surface area is 105 Å². The van der Waals surface area contributed by atoms with Crippen LogP contribution in [0.2, 0.25) is 0 Å². The van der Waals surface area contributed by atoms with Gasteiger partial charge in [0.2, 0.25) is 11.8 Å². The highest BCUT2D eigenvalue weighted by molar-refractivity contribution is 5.57. The summed E-state index contributed by atoms with van der Waals surface area (Å²) >= 11 is 0. The van der Waals surface area contributed by atoms with Crippen LogP contribution >= 0.6 is 0 Å². The lowest BCUT2D eigenvalue weighted by molar-refractivity contribution is -0.384. The molecule has 18 heavy (non-hydrogen) atoms. The summed E-state index contributed by atoms with van der Waals surface area (Å²) in [5.74, 6) is 0.758. The second-order valence-electron chi connectivity index (χ2n) is 4.38. The molecule has 1 aromatic rings. The summed E-state index contributed by atoms with van der Waals surface area (Å²) in [5, 5.41) is 17.0. The van der Waals surface area contributed by atoms with E-state index in [2.05, 4.69) is 27.5 Å². The molecule has 1 saturated carbocycles. The van der Waals surface area contributed by atoms with Gasteiger partial charge in [-0.25, -0.2) is 4.98 Å². The van der Waals surface area contributed by atoms with Gasteiger partial charge >= 0.3 is 5.69 Å². The molecule has 0 aromatic carbocycles. The van der Waals surface area contributed by atoms with Crippen LogP contribution in [-0.4, -0.2) is 27.5 Å². The zero-order valence-electron chi connectivity index (χ0n) is 10.3. The van der Waals surface area contributed by atoms with Crippen molar-refractivity contribution in [1.82, 2.24) is 9.97 Å². The zero-order chi connectivity index (χ0) is 13.0. The predicted molar refractivity (Wildman–Crippen MR) is 68.7 cm³/mol. The van der Waals surface area contributed by atoms with Gasteiger partial charge in [-0.15, -0.1) is 0 Å². The molecule has 7 heteroatoms. The molecule has 2 N–H and O–H groups in total. The van der Waals surface area contributed by atoms with E-state index < -0.39 is 4.92 Å². The first-order valence-corrected chi connectivity index (χ1v) is 6.22. The molecule has 0 spiro atoms. The van der Waals surface area contributed by atoms with Crippen molar-refractivity contribution in [3.63, 3.8) is 0 Å². The summed E-state index contributed by atoms with van der Waals surface area (Å²) in [6.07, 6.45) is 5.43. The van der Waals surface area contributed by atoms with E-state index in [9.17, 15) is 10.1 Å². The fourth-order valence-electron chi connectivity index (χ4n) is 1.50. The summed E-state index contributed by atoms with van der Waals surface area (Å²) in [4.78, 5) is 18.5. The molecule has 1 aliphatic carbocycles. The number of rotatable bonds is 7. The van der Waals surface area contributed by atoms with Gasteiger partial charge in [-0.2, -0.15) is 4.98 Å². The van der Waals surface area contributed by atoms with Gasteiger partial charge in [-0.05, 0) is 19.3 Å². The highest BCUT2D eigenvalue weighted by Gasteiger charge is 2.26. The van der Waals surface area contributed by atoms with Gasteiger partial charge in [0.05, 0.1) is 4.92 Å². The van der Waals surface area contributed by atoms with E-state index in [4.69, 9.17) is 0 Å². The Morgan fingerprint density at radius 1 is 1.56 bits per heavy atom. The summed E-state index contributed by atoms with van der Waals surface area (Å²) in [6, 6.07) is 0.321. The SMILES string of the molecule is CCCCNc1ncc([N+](=O)[O-])c(NC2CC2)n1. The highest BCUT2D eigenvalue weighted by Crippen LogP contribution is 2.29. The summed E-state index contributed by atoms with van der Waals surface area (Å²) in [6.45, 7) is 2.87. The van der Waals surface area contributed by atoms with Crippen LogP contribution in [0.15, 0.2) is 6.20 Å². The Balaban J connectivity index is 2.10. The van der Waals surface area contributed by atoms with Crippen LogP contribution in [0, 0.1) is 10.1 Å². The number of anilines is 2. The van der Waals surface area contributed by atoms with Crippen molar-refractivity contribution in [3.05, 3.63) is 16.3 Å². The molecular formula is C11H17N5O2. The minimum atomic E-state index is -0.458. The van der Waals surface area contributed by atoms with Gasteiger partial charge in [0, 0.05) is 12.6 Å². The minimum absolute atomic E-state index is 0.0667. The lowest BCUT2D eigenvalue weighted by Crippen LogP contribution is -2.11. The molecule has 0 bridgehead atoms. The first-order valence-electron chi connectivity index (χ1n) is 6.22. The smallest absolute Gasteiger partial charge is 0.329 e. The van der Waals surface area contributed by atoms with Crippen molar-refractivity contribution >= 4 is 17.5 Å². The maximum atomic E-state index is 10.9. The van der Waals surface area contributed by atoms with Crippen LogP contribution in [0.4, 0.5) is 17.5 Å². The minimum Gasteiger partial charge on any atom is -0.361 e. The Bertz CT molecular complexity index is 433. The molecule has 1 fully saturated rings. The lowest BCUT2D eigenvalue weighted by atomic mass is 10.3. The van der Waals surface area contributed by atoms with Crippen LogP contribution in [0.5, 0.6) is 0 Å². The Kier molecular flexibility index (Phi) is 3.91. The van der Waals surface area contributed by atoms with Gasteiger partial charge in [-0.3, -0.25) is 10.1 Å². The number of hydrogen-bond acceptors (Lipinski definition) is 6. The van der Waals surface area contributed by atoms with Crippen LogP contribution in [0.1, 0.15) is 32.6 Å². The maximum Gasteiger partial charge on any atom is 0.329 e. The maximum absolute atomic E-state index is 10.9. The Morgan fingerprint density at radius 2 is 2.33 bits per heavy atom. The fraction of sp³-hybridized carbons (Fsp3) is 0.636. The standard InChI is InChI=1S/C11H17N5O2/c1-2-3-6-12-11-13-7-9(16(17)18)10(15-11)14-8-4-5-8/h7-8H,2-6H2,1H3,(H2,12,13,14,15). The first kappa shape index (κ1) is 12.5. The molecule has 1 heterocycles. The Morgan fingerprint density at radius 3 is 2.94 bits per heavy atom. The number of hydrogen-bond donors (Lipinski definition) is 2. The molecule has 0 amide bonds. The van der Waals surface area contributed by atoms with Gasteiger partial charge in [0.1, 0.15) is 6.20 Å². The summed E-state index contributed by atoms with van der Waals surface area (Å²) in [5.41, 5.74) is -0.0667. The van der Waals surface area contributed by atoms with Crippen molar-refractivity contribution in [1.29, 1.82) is 0 Å². The number of aromatic nitrogens is 2. The molecule has 0 radical (unpaired) electrons. The molecule has 0 aliphatic heterocycles. The van der Waals surface area contributed by atoms with Crippen LogP contribution < -0.4 is 10.6 Å². The third-order valence-corrected chi connectivity index (χ3v) is 2.70. The number of unbranched alkanes of at least 4 members (excludes halogenated alkanes) is 1. The van der Waals surface area contributed by atoms with Gasteiger partial charge < -0.3 is 10.6 Å². The molecule has 0 unspecified atom stereocenters. The third kappa shape index (κ3) is 3.28. The average molecular weight is 251 g/mol. The van der Waals surface area contributed by atoms with Gasteiger partial charge in [-0.1, -0.05) is 13.3 Å². The highest BCUT2D eigenvalue weighted by atomic mass is 16.6. The first-order chi connectivity index (χ1) is 8.70. The molecule has 2 rings (SSSR count). The van der Waals surface area contributed by atoms with E-state index >= 15 is 0 Å². The van der Waals surface area contributed by atoms with Gasteiger partial charge in [0.25, 0.3) is 0 Å². The van der Waals surface area contributed by atoms with Crippen molar-refractivity contribution < 1.29 is 4.92 Å². The second-order valence-corrected chi connectivity index (χ2v) is 4.38. The van der Waals surface area contributed by atoms with E-state index in [1.165, 1.54) is 6.20 Å². The predicted octanol–water partition coefficient (Wildman–Crippen LogP) is 2.17. The second kappa shape index (κ2) is 5.61. The molecule has 0 atom stereocenters. The number of nitrogens with zero attached hydrogens (tertiary/aromatic N) is 3. The largest absolute Gasteiger partial charge is 0.361 e. The zero-order valence-corrected chi connectivity index (χ0v) is 10.3. The monoisotopic (exact) mass is 251 g/mol. The number of nitro groups is 1. The topological polar surface area (TPSA) is 93.0 Å². The molecule has 98 valence electrons.